The lowest BCUT2D eigenvalue weighted by molar-refractivity contribution is 0.354. The lowest BCUT2D eigenvalue weighted by Gasteiger charge is -2.23. The number of aryl methyl sites for hydroxylation is 1. The SMILES string of the molecule is COc1ccc(C(Nc2ccccn2)c2ccc3ccc(C)nc3c2O)cc1OC. The van der Waals surface area contributed by atoms with Crippen LogP contribution in [0.3, 0.4) is 0 Å². The van der Waals surface area contributed by atoms with Crippen LogP contribution in [0.4, 0.5) is 5.82 Å². The van der Waals surface area contributed by atoms with Crippen molar-refractivity contribution in [1.29, 1.82) is 0 Å². The number of pyridine rings is 2. The molecule has 0 saturated carbocycles. The van der Waals surface area contributed by atoms with Crippen molar-refractivity contribution in [2.45, 2.75) is 13.0 Å². The van der Waals surface area contributed by atoms with Gasteiger partial charge in [0.15, 0.2) is 11.5 Å². The number of anilines is 1. The monoisotopic (exact) mass is 401 g/mol. The number of phenolic OH excluding ortho intramolecular Hbond substituents is 1. The molecule has 0 amide bonds. The molecule has 0 radical (unpaired) electrons. The molecule has 1 unspecified atom stereocenters. The zero-order valence-electron chi connectivity index (χ0n) is 17.1. The summed E-state index contributed by atoms with van der Waals surface area (Å²) in [5, 5.41) is 15.4. The number of hydrogen-bond acceptors (Lipinski definition) is 6. The van der Waals surface area contributed by atoms with E-state index in [0.717, 1.165) is 16.6 Å². The van der Waals surface area contributed by atoms with Gasteiger partial charge in [0.2, 0.25) is 0 Å². The first kappa shape index (κ1) is 19.5. The maximum absolute atomic E-state index is 11.1. The van der Waals surface area contributed by atoms with Crippen LogP contribution in [-0.4, -0.2) is 29.3 Å². The van der Waals surface area contributed by atoms with Gasteiger partial charge >= 0.3 is 0 Å². The first-order valence-corrected chi connectivity index (χ1v) is 9.59. The van der Waals surface area contributed by atoms with Gasteiger partial charge in [0.25, 0.3) is 0 Å². The van der Waals surface area contributed by atoms with Gasteiger partial charge in [-0.1, -0.05) is 30.3 Å². The summed E-state index contributed by atoms with van der Waals surface area (Å²) in [6, 6.07) is 18.7. The Morgan fingerprint density at radius 1 is 0.933 bits per heavy atom. The van der Waals surface area contributed by atoms with Crippen LogP contribution in [0.2, 0.25) is 0 Å². The van der Waals surface area contributed by atoms with Gasteiger partial charge in [-0.3, -0.25) is 0 Å². The van der Waals surface area contributed by atoms with E-state index in [0.29, 0.717) is 28.4 Å². The van der Waals surface area contributed by atoms with Crippen LogP contribution < -0.4 is 14.8 Å². The quantitative estimate of drug-likeness (QED) is 0.480. The summed E-state index contributed by atoms with van der Waals surface area (Å²) in [6.45, 7) is 1.91. The fraction of sp³-hybridized carbons (Fsp3) is 0.167. The van der Waals surface area contributed by atoms with Crippen molar-refractivity contribution in [2.24, 2.45) is 0 Å². The van der Waals surface area contributed by atoms with Gasteiger partial charge in [-0.05, 0) is 42.8 Å². The van der Waals surface area contributed by atoms with Gasteiger partial charge in [-0.2, -0.15) is 0 Å². The van der Waals surface area contributed by atoms with Crippen LogP contribution in [0.5, 0.6) is 17.2 Å². The summed E-state index contributed by atoms with van der Waals surface area (Å²) in [4.78, 5) is 8.93. The van der Waals surface area contributed by atoms with E-state index in [2.05, 4.69) is 15.3 Å². The third-order valence-electron chi connectivity index (χ3n) is 5.01. The van der Waals surface area contributed by atoms with Gasteiger partial charge in [0, 0.05) is 22.8 Å². The third-order valence-corrected chi connectivity index (χ3v) is 5.01. The Bertz CT molecular complexity index is 1180. The first-order valence-electron chi connectivity index (χ1n) is 9.59. The van der Waals surface area contributed by atoms with E-state index in [1.54, 1.807) is 20.4 Å². The Kier molecular flexibility index (Phi) is 5.39. The predicted molar refractivity (Wildman–Crippen MR) is 117 cm³/mol. The minimum atomic E-state index is -0.383. The maximum Gasteiger partial charge on any atom is 0.161 e. The van der Waals surface area contributed by atoms with Crippen LogP contribution in [0, 0.1) is 6.92 Å². The molecule has 2 aromatic heterocycles. The molecule has 6 heteroatoms. The van der Waals surface area contributed by atoms with Crippen molar-refractivity contribution in [2.75, 3.05) is 19.5 Å². The van der Waals surface area contributed by atoms with Crippen molar-refractivity contribution in [3.05, 3.63) is 83.7 Å². The standard InChI is InChI=1S/C24H23N3O3/c1-15-7-8-16-9-11-18(24(28)23(16)26-15)22(27-21-6-4-5-13-25-21)17-10-12-19(29-2)20(14-17)30-3/h4-14,22,28H,1-3H3,(H,25,27). The molecular formula is C24H23N3O3. The number of nitrogens with one attached hydrogen (secondary N) is 1. The molecule has 6 nitrogen and oxygen atoms in total. The van der Waals surface area contributed by atoms with Crippen LogP contribution in [0.15, 0.2) is 66.9 Å². The number of aromatic nitrogens is 2. The molecule has 152 valence electrons. The molecule has 4 rings (SSSR count). The molecule has 30 heavy (non-hydrogen) atoms. The zero-order chi connectivity index (χ0) is 21.1. The van der Waals surface area contributed by atoms with Gasteiger partial charge in [0.1, 0.15) is 17.1 Å². The molecule has 2 N–H and O–H groups in total. The van der Waals surface area contributed by atoms with E-state index >= 15 is 0 Å². The van der Waals surface area contributed by atoms with Crippen molar-refractivity contribution >= 4 is 16.7 Å². The third kappa shape index (κ3) is 3.72. The summed E-state index contributed by atoms with van der Waals surface area (Å²) in [6.07, 6.45) is 1.72. The summed E-state index contributed by atoms with van der Waals surface area (Å²) in [7, 11) is 3.20. The summed E-state index contributed by atoms with van der Waals surface area (Å²) >= 11 is 0. The number of aromatic hydroxyl groups is 1. The van der Waals surface area contributed by atoms with Crippen molar-refractivity contribution in [3.8, 4) is 17.2 Å². The lowest BCUT2D eigenvalue weighted by atomic mass is 9.95. The normalized spacial score (nSPS) is 11.8. The molecule has 0 aliphatic heterocycles. The Morgan fingerprint density at radius 2 is 1.73 bits per heavy atom. The fourth-order valence-electron chi connectivity index (χ4n) is 3.49. The van der Waals surface area contributed by atoms with Crippen LogP contribution in [0.1, 0.15) is 22.9 Å². The van der Waals surface area contributed by atoms with E-state index in [-0.39, 0.29) is 11.8 Å². The summed E-state index contributed by atoms with van der Waals surface area (Å²) in [5.41, 5.74) is 3.00. The number of fused-ring (bicyclic) bond motifs is 1. The highest BCUT2D eigenvalue weighted by Crippen LogP contribution is 2.39. The van der Waals surface area contributed by atoms with Crippen molar-refractivity contribution < 1.29 is 14.6 Å². The fourth-order valence-corrected chi connectivity index (χ4v) is 3.49. The van der Waals surface area contributed by atoms with E-state index in [4.69, 9.17) is 9.47 Å². The van der Waals surface area contributed by atoms with E-state index in [1.807, 2.05) is 67.6 Å². The molecule has 0 saturated heterocycles. The Hall–Kier alpha value is -3.80. The molecule has 0 bridgehead atoms. The Morgan fingerprint density at radius 3 is 2.47 bits per heavy atom. The van der Waals surface area contributed by atoms with Crippen LogP contribution in [-0.2, 0) is 0 Å². The number of phenols is 1. The van der Waals surface area contributed by atoms with Crippen molar-refractivity contribution in [3.63, 3.8) is 0 Å². The molecule has 2 aromatic carbocycles. The van der Waals surface area contributed by atoms with E-state index in [9.17, 15) is 5.11 Å². The molecule has 0 spiro atoms. The van der Waals surface area contributed by atoms with E-state index < -0.39 is 0 Å². The molecular weight excluding hydrogens is 378 g/mol. The second-order valence-electron chi connectivity index (χ2n) is 6.93. The van der Waals surface area contributed by atoms with Gasteiger partial charge in [0.05, 0.1) is 20.3 Å². The largest absolute Gasteiger partial charge is 0.505 e. The number of methoxy groups -OCH3 is 2. The highest BCUT2D eigenvalue weighted by Gasteiger charge is 2.22. The molecule has 2 heterocycles. The Balaban J connectivity index is 1.88. The number of nitrogens with zero attached hydrogens (tertiary/aromatic N) is 2. The zero-order valence-corrected chi connectivity index (χ0v) is 17.1. The number of benzene rings is 2. The van der Waals surface area contributed by atoms with Crippen molar-refractivity contribution in [1.82, 2.24) is 9.97 Å². The van der Waals surface area contributed by atoms with Crippen LogP contribution >= 0.6 is 0 Å². The summed E-state index contributed by atoms with van der Waals surface area (Å²) < 4.78 is 10.9. The second-order valence-corrected chi connectivity index (χ2v) is 6.93. The highest BCUT2D eigenvalue weighted by atomic mass is 16.5. The topological polar surface area (TPSA) is 76.5 Å². The van der Waals surface area contributed by atoms with E-state index in [1.165, 1.54) is 0 Å². The second kappa shape index (κ2) is 8.29. The maximum atomic E-state index is 11.1. The number of hydrogen-bond donors (Lipinski definition) is 2. The minimum Gasteiger partial charge on any atom is -0.505 e. The first-order chi connectivity index (χ1) is 14.6. The van der Waals surface area contributed by atoms with Crippen LogP contribution in [0.25, 0.3) is 10.9 Å². The average molecular weight is 401 g/mol. The number of ether oxygens (including phenoxy) is 2. The van der Waals surface area contributed by atoms with Gasteiger partial charge in [-0.25, -0.2) is 9.97 Å². The summed E-state index contributed by atoms with van der Waals surface area (Å²) in [5.74, 6) is 2.07. The average Bonchev–Trinajstić information content (AvgIpc) is 2.78. The predicted octanol–water partition coefficient (Wildman–Crippen LogP) is 4.86. The smallest absolute Gasteiger partial charge is 0.161 e. The molecule has 0 aliphatic rings. The minimum absolute atomic E-state index is 0.138. The highest BCUT2D eigenvalue weighted by molar-refractivity contribution is 5.86. The molecule has 0 fully saturated rings. The van der Waals surface area contributed by atoms with Gasteiger partial charge < -0.3 is 19.9 Å². The molecule has 4 aromatic rings. The lowest BCUT2D eigenvalue weighted by Crippen LogP contribution is -2.14. The molecule has 0 aliphatic carbocycles. The van der Waals surface area contributed by atoms with Gasteiger partial charge in [-0.15, -0.1) is 0 Å². The number of rotatable bonds is 6. The Labute approximate surface area is 175 Å². The molecule has 1 atom stereocenters.